The molecule has 31 heavy (non-hydrogen) atoms. The Balaban J connectivity index is 1.43. The molecule has 0 spiro atoms. The summed E-state index contributed by atoms with van der Waals surface area (Å²) in [6, 6.07) is 14.0. The van der Waals surface area contributed by atoms with E-state index in [2.05, 4.69) is 39.3 Å². The highest BCUT2D eigenvalue weighted by Crippen LogP contribution is 2.30. The van der Waals surface area contributed by atoms with Gasteiger partial charge in [-0.15, -0.1) is 0 Å². The third-order valence-electron chi connectivity index (χ3n) is 5.11. The lowest BCUT2D eigenvalue weighted by atomic mass is 10.1. The van der Waals surface area contributed by atoms with Crippen molar-refractivity contribution in [1.82, 2.24) is 24.7 Å². The van der Waals surface area contributed by atoms with Gasteiger partial charge in [-0.3, -0.25) is 14.7 Å². The van der Waals surface area contributed by atoms with Crippen molar-refractivity contribution in [3.8, 4) is 22.5 Å². The first kappa shape index (κ1) is 18.9. The summed E-state index contributed by atoms with van der Waals surface area (Å²) >= 11 is 0. The highest BCUT2D eigenvalue weighted by Gasteiger charge is 2.15. The molecule has 0 fully saturated rings. The summed E-state index contributed by atoms with van der Waals surface area (Å²) in [6.45, 7) is 2.84. The number of aryl methyl sites for hydroxylation is 1. The first-order valence-electron chi connectivity index (χ1n) is 10.2. The molecule has 0 radical (unpaired) electrons. The molecular weight excluding hydrogens is 386 g/mol. The number of hydrogen-bond acceptors (Lipinski definition) is 6. The monoisotopic (exact) mass is 407 g/mol. The second kappa shape index (κ2) is 8.31. The fraction of sp³-hybridized carbons (Fsp3) is 0.125. The summed E-state index contributed by atoms with van der Waals surface area (Å²) in [6.07, 6.45) is 12.1. The lowest BCUT2D eigenvalue weighted by molar-refractivity contribution is 0.662. The molecule has 1 aliphatic rings. The van der Waals surface area contributed by atoms with Crippen molar-refractivity contribution in [2.45, 2.75) is 19.9 Å². The molecule has 1 aromatic carbocycles. The number of aliphatic imine (C=N–C) groups is 1. The van der Waals surface area contributed by atoms with E-state index in [1.54, 1.807) is 12.4 Å². The van der Waals surface area contributed by atoms with E-state index in [1.165, 1.54) is 11.1 Å². The van der Waals surface area contributed by atoms with Gasteiger partial charge in [0.1, 0.15) is 5.69 Å². The van der Waals surface area contributed by atoms with Crippen LogP contribution in [0.15, 0.2) is 78.4 Å². The standard InChI is InChI=1S/C24H21N7/c1-2-31-16-21(23(30-31)19-4-3-11-25-15-19)22-10-13-27-24(29-22)28-20-7-5-17(6-8-20)18-9-12-26-14-18/h3-8,10-16H,2,9H2,1H3,(H,27,28,29). The van der Waals surface area contributed by atoms with Crippen LogP contribution in [0.5, 0.6) is 0 Å². The summed E-state index contributed by atoms with van der Waals surface area (Å²) in [5.41, 5.74) is 6.89. The summed E-state index contributed by atoms with van der Waals surface area (Å²) in [5, 5.41) is 8.02. The predicted molar refractivity (Wildman–Crippen MR) is 123 cm³/mol. The minimum atomic E-state index is 0.537. The van der Waals surface area contributed by atoms with Crippen molar-refractivity contribution in [2.24, 2.45) is 4.99 Å². The zero-order chi connectivity index (χ0) is 21.0. The molecule has 7 heteroatoms. The second-order valence-corrected chi connectivity index (χ2v) is 7.15. The third-order valence-corrected chi connectivity index (χ3v) is 5.11. The zero-order valence-electron chi connectivity index (χ0n) is 17.1. The highest BCUT2D eigenvalue weighted by molar-refractivity contribution is 5.84. The van der Waals surface area contributed by atoms with Crippen LogP contribution in [0.3, 0.4) is 0 Å². The van der Waals surface area contributed by atoms with E-state index in [1.807, 2.05) is 59.8 Å². The van der Waals surface area contributed by atoms with Gasteiger partial charge < -0.3 is 5.32 Å². The normalized spacial score (nSPS) is 12.7. The van der Waals surface area contributed by atoms with Crippen LogP contribution in [0.25, 0.3) is 28.1 Å². The van der Waals surface area contributed by atoms with Gasteiger partial charge in [-0.05, 0) is 48.4 Å². The van der Waals surface area contributed by atoms with Gasteiger partial charge >= 0.3 is 0 Å². The quantitative estimate of drug-likeness (QED) is 0.487. The van der Waals surface area contributed by atoms with Gasteiger partial charge in [0.05, 0.1) is 5.69 Å². The molecule has 5 rings (SSSR count). The Labute approximate surface area is 180 Å². The Hall–Kier alpha value is -4.13. The number of nitrogens with zero attached hydrogens (tertiary/aromatic N) is 6. The minimum Gasteiger partial charge on any atom is -0.324 e. The van der Waals surface area contributed by atoms with Gasteiger partial charge in [0.2, 0.25) is 5.95 Å². The van der Waals surface area contributed by atoms with Crippen molar-refractivity contribution in [3.63, 3.8) is 0 Å². The van der Waals surface area contributed by atoms with Crippen LogP contribution in [0.2, 0.25) is 0 Å². The van der Waals surface area contributed by atoms with Gasteiger partial charge in [-0.2, -0.15) is 5.10 Å². The highest BCUT2D eigenvalue weighted by atomic mass is 15.3. The van der Waals surface area contributed by atoms with Crippen LogP contribution < -0.4 is 5.32 Å². The fourth-order valence-electron chi connectivity index (χ4n) is 3.49. The second-order valence-electron chi connectivity index (χ2n) is 7.15. The van der Waals surface area contributed by atoms with E-state index in [9.17, 15) is 0 Å². The predicted octanol–water partition coefficient (Wildman–Crippen LogP) is 4.98. The molecule has 152 valence electrons. The number of aromatic nitrogens is 5. The van der Waals surface area contributed by atoms with E-state index < -0.39 is 0 Å². The molecule has 1 N–H and O–H groups in total. The largest absolute Gasteiger partial charge is 0.324 e. The lowest BCUT2D eigenvalue weighted by Gasteiger charge is -2.08. The Morgan fingerprint density at radius 1 is 1.03 bits per heavy atom. The van der Waals surface area contributed by atoms with Crippen LogP contribution >= 0.6 is 0 Å². The molecule has 3 aromatic heterocycles. The Morgan fingerprint density at radius 3 is 2.68 bits per heavy atom. The number of pyridine rings is 1. The van der Waals surface area contributed by atoms with E-state index in [-0.39, 0.29) is 0 Å². The first-order chi connectivity index (χ1) is 15.3. The van der Waals surface area contributed by atoms with Crippen molar-refractivity contribution in [3.05, 3.63) is 79.0 Å². The average molecular weight is 407 g/mol. The first-order valence-corrected chi connectivity index (χ1v) is 10.2. The maximum atomic E-state index is 4.74. The number of benzene rings is 1. The van der Waals surface area contributed by atoms with Crippen LogP contribution in [-0.4, -0.2) is 30.9 Å². The molecule has 4 aromatic rings. The SMILES string of the molecule is CCn1cc(-c2ccnc(Nc3ccc(C4=CN=CC4)cc3)n2)c(-c2cccnc2)n1. The van der Waals surface area contributed by atoms with Gasteiger partial charge in [0.15, 0.2) is 0 Å². The topological polar surface area (TPSA) is 80.9 Å². The van der Waals surface area contributed by atoms with E-state index in [4.69, 9.17) is 10.1 Å². The van der Waals surface area contributed by atoms with Gasteiger partial charge in [-0.25, -0.2) is 9.97 Å². The van der Waals surface area contributed by atoms with Crippen LogP contribution in [0.4, 0.5) is 11.6 Å². The maximum absolute atomic E-state index is 4.74. The van der Waals surface area contributed by atoms with E-state index >= 15 is 0 Å². The molecule has 0 saturated heterocycles. The molecule has 0 atom stereocenters. The van der Waals surface area contributed by atoms with Crippen molar-refractivity contribution < 1.29 is 0 Å². The van der Waals surface area contributed by atoms with E-state index in [0.717, 1.165) is 41.2 Å². The maximum Gasteiger partial charge on any atom is 0.227 e. The van der Waals surface area contributed by atoms with Crippen molar-refractivity contribution in [2.75, 3.05) is 5.32 Å². The number of allylic oxidation sites excluding steroid dienone is 1. The number of hydrogen-bond donors (Lipinski definition) is 1. The summed E-state index contributed by atoms with van der Waals surface area (Å²) in [7, 11) is 0. The molecule has 0 amide bonds. The van der Waals surface area contributed by atoms with E-state index in [0.29, 0.717) is 5.95 Å². The third kappa shape index (κ3) is 3.98. The minimum absolute atomic E-state index is 0.537. The Kier molecular flexibility index (Phi) is 5.06. The lowest BCUT2D eigenvalue weighted by Crippen LogP contribution is -1.98. The molecule has 0 unspecified atom stereocenters. The molecule has 0 bridgehead atoms. The van der Waals surface area contributed by atoms with Gasteiger partial charge in [0.25, 0.3) is 0 Å². The van der Waals surface area contributed by atoms with Gasteiger partial charge in [0, 0.05) is 67.0 Å². The van der Waals surface area contributed by atoms with Crippen LogP contribution in [0, 0.1) is 0 Å². The van der Waals surface area contributed by atoms with Crippen molar-refractivity contribution >= 4 is 23.4 Å². The molecule has 0 aliphatic carbocycles. The Bertz CT molecular complexity index is 1250. The average Bonchev–Trinajstić information content (AvgIpc) is 3.51. The molecule has 0 saturated carbocycles. The smallest absolute Gasteiger partial charge is 0.227 e. The summed E-state index contributed by atoms with van der Waals surface area (Å²) in [5.74, 6) is 0.537. The van der Waals surface area contributed by atoms with Gasteiger partial charge in [-0.1, -0.05) is 12.1 Å². The number of rotatable bonds is 6. The van der Waals surface area contributed by atoms with Crippen LogP contribution in [-0.2, 0) is 6.54 Å². The molecule has 1 aliphatic heterocycles. The number of nitrogens with one attached hydrogen (secondary N) is 1. The number of anilines is 2. The van der Waals surface area contributed by atoms with Crippen LogP contribution in [0.1, 0.15) is 18.9 Å². The molecule has 7 nitrogen and oxygen atoms in total. The Morgan fingerprint density at radius 2 is 1.94 bits per heavy atom. The summed E-state index contributed by atoms with van der Waals surface area (Å²) < 4.78 is 1.91. The fourth-order valence-corrected chi connectivity index (χ4v) is 3.49. The summed E-state index contributed by atoms with van der Waals surface area (Å²) in [4.78, 5) is 17.5. The van der Waals surface area contributed by atoms with Crippen molar-refractivity contribution in [1.29, 1.82) is 0 Å². The molecular formula is C24H21N7. The zero-order valence-corrected chi connectivity index (χ0v) is 17.1. The molecule has 4 heterocycles.